The predicted molar refractivity (Wildman–Crippen MR) is 124 cm³/mol. The number of ether oxygens (including phenoxy) is 4. The van der Waals surface area contributed by atoms with E-state index in [9.17, 15) is 31.9 Å². The first kappa shape index (κ1) is 29.1. The van der Waals surface area contributed by atoms with Crippen LogP contribution in [0.15, 0.2) is 48.5 Å². The van der Waals surface area contributed by atoms with Gasteiger partial charge in [0.05, 0.1) is 12.7 Å². The summed E-state index contributed by atoms with van der Waals surface area (Å²) < 4.78 is 68.7. The highest BCUT2D eigenvalue weighted by atomic mass is 19.3. The number of carbonyl (C=O) groups is 3. The fraction of sp³-hybridized carbons (Fsp3) is 0.320. The maximum absolute atomic E-state index is 12.7. The monoisotopic (exact) mass is 527 g/mol. The third kappa shape index (κ3) is 9.47. The third-order valence-corrected chi connectivity index (χ3v) is 4.80. The number of rotatable bonds is 13. The molecule has 0 unspecified atom stereocenters. The third-order valence-electron chi connectivity index (χ3n) is 4.80. The van der Waals surface area contributed by atoms with Crippen LogP contribution >= 0.6 is 0 Å². The molecule has 2 rings (SSSR count). The molecule has 0 aliphatic heterocycles. The van der Waals surface area contributed by atoms with Gasteiger partial charge in [-0.3, -0.25) is 9.59 Å². The average molecular weight is 527 g/mol. The van der Waals surface area contributed by atoms with Crippen LogP contribution in [-0.2, 0) is 14.3 Å². The Hall–Kier alpha value is -4.09. The lowest BCUT2D eigenvalue weighted by atomic mass is 10.0. The number of methoxy groups -OCH3 is 1. The number of nitrogens with one attached hydrogen (secondary N) is 1. The van der Waals surface area contributed by atoms with Crippen molar-refractivity contribution in [2.75, 3.05) is 13.7 Å². The minimum Gasteiger partial charge on any atom is -0.497 e. The van der Waals surface area contributed by atoms with Gasteiger partial charge in [-0.25, -0.2) is 4.79 Å². The quantitative estimate of drug-likeness (QED) is 0.178. The van der Waals surface area contributed by atoms with Crippen LogP contribution in [0.4, 0.5) is 17.6 Å². The van der Waals surface area contributed by atoms with Gasteiger partial charge in [-0.15, -0.1) is 0 Å². The number of ketones is 1. The van der Waals surface area contributed by atoms with Crippen LogP contribution in [-0.4, -0.2) is 50.6 Å². The Morgan fingerprint density at radius 1 is 0.919 bits per heavy atom. The van der Waals surface area contributed by atoms with Crippen molar-refractivity contribution in [3.8, 4) is 17.2 Å². The van der Waals surface area contributed by atoms with Gasteiger partial charge in [-0.2, -0.15) is 17.6 Å². The van der Waals surface area contributed by atoms with Gasteiger partial charge < -0.3 is 24.3 Å². The maximum atomic E-state index is 12.7. The Bertz CT molecular complexity index is 1100. The standard InChI is InChI=1S/C25H25F4NO7/c1-14(2)22(30-21(32)11-6-15-4-7-16(34-3)8-5-15)23(33)35-13-19(31)18-10-9-17(36-24(26)27)12-20(18)37-25(28)29/h4-12,14,22,24-25H,13H2,1-3H3,(H,30,32)/t22-/m0/s1. The first-order valence-electron chi connectivity index (χ1n) is 10.9. The first-order chi connectivity index (χ1) is 17.5. The highest BCUT2D eigenvalue weighted by Gasteiger charge is 2.27. The van der Waals surface area contributed by atoms with E-state index in [0.29, 0.717) is 17.4 Å². The van der Waals surface area contributed by atoms with E-state index < -0.39 is 66.5 Å². The molecule has 0 heterocycles. The van der Waals surface area contributed by atoms with Gasteiger partial charge in [0, 0.05) is 12.1 Å². The summed E-state index contributed by atoms with van der Waals surface area (Å²) in [4.78, 5) is 37.4. The topological polar surface area (TPSA) is 100 Å². The molecule has 2 aromatic carbocycles. The van der Waals surface area contributed by atoms with Crippen LogP contribution in [0, 0.1) is 5.92 Å². The fourth-order valence-electron chi connectivity index (χ4n) is 2.99. The van der Waals surface area contributed by atoms with Crippen molar-refractivity contribution in [2.45, 2.75) is 33.1 Å². The SMILES string of the molecule is COc1ccc(C=CC(=O)N[C@H](C(=O)OCC(=O)c2ccc(OC(F)F)cc2OC(F)F)C(C)C)cc1. The van der Waals surface area contributed by atoms with Crippen molar-refractivity contribution in [1.82, 2.24) is 5.32 Å². The number of esters is 1. The molecular weight excluding hydrogens is 502 g/mol. The molecule has 0 aliphatic rings. The number of carbonyl (C=O) groups excluding carboxylic acids is 3. The molecule has 1 amide bonds. The van der Waals surface area contributed by atoms with E-state index in [1.165, 1.54) is 19.3 Å². The molecule has 1 atom stereocenters. The number of hydrogen-bond donors (Lipinski definition) is 1. The summed E-state index contributed by atoms with van der Waals surface area (Å²) in [6.45, 7) is -4.19. The predicted octanol–water partition coefficient (Wildman–Crippen LogP) is 4.48. The van der Waals surface area contributed by atoms with Crippen LogP contribution in [0.25, 0.3) is 6.08 Å². The van der Waals surface area contributed by atoms with Crippen LogP contribution in [0.1, 0.15) is 29.8 Å². The molecule has 37 heavy (non-hydrogen) atoms. The summed E-state index contributed by atoms with van der Waals surface area (Å²) in [5.41, 5.74) is 0.263. The zero-order valence-electron chi connectivity index (χ0n) is 20.1. The molecule has 0 spiro atoms. The molecule has 0 radical (unpaired) electrons. The molecule has 0 fully saturated rings. The summed E-state index contributed by atoms with van der Waals surface area (Å²) in [6, 6.07) is 8.31. The Morgan fingerprint density at radius 2 is 1.54 bits per heavy atom. The van der Waals surface area contributed by atoms with E-state index in [4.69, 9.17) is 9.47 Å². The van der Waals surface area contributed by atoms with E-state index in [1.54, 1.807) is 38.1 Å². The van der Waals surface area contributed by atoms with E-state index in [2.05, 4.69) is 14.8 Å². The molecular formula is C25H25F4NO7. The van der Waals surface area contributed by atoms with Crippen molar-refractivity contribution in [3.05, 3.63) is 59.7 Å². The van der Waals surface area contributed by atoms with Crippen molar-refractivity contribution < 1.29 is 50.9 Å². The minimum atomic E-state index is -3.36. The highest BCUT2D eigenvalue weighted by Crippen LogP contribution is 2.28. The molecule has 200 valence electrons. The summed E-state index contributed by atoms with van der Waals surface area (Å²) in [5.74, 6) is -3.51. The summed E-state index contributed by atoms with van der Waals surface area (Å²) in [7, 11) is 1.52. The maximum Gasteiger partial charge on any atom is 0.387 e. The zero-order valence-corrected chi connectivity index (χ0v) is 20.1. The smallest absolute Gasteiger partial charge is 0.387 e. The molecule has 0 saturated heterocycles. The second-order valence-electron chi connectivity index (χ2n) is 7.78. The Kier molecular flexibility index (Phi) is 10.9. The Labute approximate surface area is 210 Å². The lowest BCUT2D eigenvalue weighted by Gasteiger charge is -2.20. The molecule has 1 N–H and O–H groups in total. The van der Waals surface area contributed by atoms with E-state index >= 15 is 0 Å². The molecule has 8 nitrogen and oxygen atoms in total. The molecule has 2 aromatic rings. The van der Waals surface area contributed by atoms with Crippen molar-refractivity contribution in [1.29, 1.82) is 0 Å². The van der Waals surface area contributed by atoms with Gasteiger partial charge in [0.25, 0.3) is 0 Å². The van der Waals surface area contributed by atoms with Gasteiger partial charge in [0.15, 0.2) is 6.61 Å². The largest absolute Gasteiger partial charge is 0.497 e. The van der Waals surface area contributed by atoms with Gasteiger partial charge in [0.2, 0.25) is 11.7 Å². The van der Waals surface area contributed by atoms with Crippen LogP contribution < -0.4 is 19.5 Å². The minimum absolute atomic E-state index is 0.426. The van der Waals surface area contributed by atoms with Crippen LogP contribution in [0.2, 0.25) is 0 Å². The number of amides is 1. The zero-order chi connectivity index (χ0) is 27.5. The Morgan fingerprint density at radius 3 is 2.11 bits per heavy atom. The Balaban J connectivity index is 2.04. The second-order valence-corrected chi connectivity index (χ2v) is 7.78. The molecule has 0 aliphatic carbocycles. The van der Waals surface area contributed by atoms with Crippen molar-refractivity contribution in [3.63, 3.8) is 0 Å². The van der Waals surface area contributed by atoms with Crippen molar-refractivity contribution >= 4 is 23.7 Å². The van der Waals surface area contributed by atoms with Crippen molar-refractivity contribution in [2.24, 2.45) is 5.92 Å². The number of benzene rings is 2. The van der Waals surface area contributed by atoms with E-state index in [-0.39, 0.29) is 0 Å². The molecule has 0 saturated carbocycles. The number of Topliss-reactive ketones (excluding diaryl/α,β-unsaturated/α-hetero) is 1. The number of hydrogen-bond acceptors (Lipinski definition) is 7. The van der Waals surface area contributed by atoms with Gasteiger partial charge >= 0.3 is 19.2 Å². The molecule has 12 heteroatoms. The normalized spacial score (nSPS) is 12.1. The van der Waals surface area contributed by atoms with Gasteiger partial charge in [-0.1, -0.05) is 26.0 Å². The fourth-order valence-corrected chi connectivity index (χ4v) is 2.99. The second kappa shape index (κ2) is 13.9. The van der Waals surface area contributed by atoms with E-state index in [1.807, 2.05) is 0 Å². The molecule has 0 bridgehead atoms. The van der Waals surface area contributed by atoms with Crippen LogP contribution in [0.3, 0.4) is 0 Å². The average Bonchev–Trinajstić information content (AvgIpc) is 2.84. The van der Waals surface area contributed by atoms with Gasteiger partial charge in [0.1, 0.15) is 23.3 Å². The van der Waals surface area contributed by atoms with Gasteiger partial charge in [-0.05, 0) is 41.8 Å². The number of alkyl halides is 4. The van der Waals surface area contributed by atoms with Crippen LogP contribution in [0.5, 0.6) is 17.2 Å². The highest BCUT2D eigenvalue weighted by molar-refractivity contribution is 6.01. The summed E-state index contributed by atoms with van der Waals surface area (Å²) in [6.07, 6.45) is 2.74. The lowest BCUT2D eigenvalue weighted by molar-refractivity contribution is -0.147. The number of halogens is 4. The summed E-state index contributed by atoms with van der Waals surface area (Å²) >= 11 is 0. The van der Waals surface area contributed by atoms with E-state index in [0.717, 1.165) is 12.1 Å². The summed E-state index contributed by atoms with van der Waals surface area (Å²) in [5, 5.41) is 2.49. The first-order valence-corrected chi connectivity index (χ1v) is 10.9. The molecule has 0 aromatic heterocycles. The lowest BCUT2D eigenvalue weighted by Crippen LogP contribution is -2.45.